The number of rotatable bonds is 0. The number of hydrogen-bond donors (Lipinski definition) is 0. The molecule has 2 unspecified atom stereocenters. The third-order valence-electron chi connectivity index (χ3n) is 3.23. The van der Waals surface area contributed by atoms with Gasteiger partial charge in [-0.2, -0.15) is 0 Å². The molecule has 1 aromatic carbocycles. The molecule has 15 heavy (non-hydrogen) atoms. The van der Waals surface area contributed by atoms with Gasteiger partial charge in [-0.05, 0) is 25.5 Å². The Hall–Kier alpha value is -1.50. The predicted molar refractivity (Wildman–Crippen MR) is 61.2 cm³/mol. The minimum absolute atomic E-state index is 0.229. The Kier molecular flexibility index (Phi) is 1.75. The molecule has 1 nitrogen and oxygen atoms in total. The molecule has 0 aromatic heterocycles. The lowest BCUT2D eigenvalue weighted by Crippen LogP contribution is -2.20. The highest BCUT2D eigenvalue weighted by atomic mass is 16.5. The highest BCUT2D eigenvalue weighted by molar-refractivity contribution is 5.49. The van der Waals surface area contributed by atoms with Crippen molar-refractivity contribution in [3.8, 4) is 5.75 Å². The quantitative estimate of drug-likeness (QED) is 0.621. The fraction of sp³-hybridized carbons (Fsp3) is 0.286. The van der Waals surface area contributed by atoms with Crippen molar-refractivity contribution in [3.63, 3.8) is 0 Å². The molecular formula is C14H14O. The molecule has 76 valence electrons. The molecule has 0 spiro atoms. The van der Waals surface area contributed by atoms with E-state index in [0.29, 0.717) is 5.92 Å². The van der Waals surface area contributed by atoms with Crippen LogP contribution in [0.4, 0.5) is 0 Å². The smallest absolute Gasteiger partial charge is 0.130 e. The van der Waals surface area contributed by atoms with Crippen molar-refractivity contribution in [1.82, 2.24) is 0 Å². The number of ether oxygens (including phenoxy) is 1. The van der Waals surface area contributed by atoms with Crippen molar-refractivity contribution in [2.45, 2.75) is 25.9 Å². The third-order valence-corrected chi connectivity index (χ3v) is 3.23. The Labute approximate surface area is 90.1 Å². The summed E-state index contributed by atoms with van der Waals surface area (Å²) in [6.07, 6.45) is 6.74. The van der Waals surface area contributed by atoms with Crippen molar-refractivity contribution in [2.24, 2.45) is 0 Å². The monoisotopic (exact) mass is 198 g/mol. The Morgan fingerprint density at radius 3 is 2.93 bits per heavy atom. The molecule has 0 fully saturated rings. The summed E-state index contributed by atoms with van der Waals surface area (Å²) in [6, 6.07) is 6.44. The maximum absolute atomic E-state index is 5.96. The standard InChI is InChI=1S/C14H14O/c1-9-6-7-13-12(8-9)11-5-3-4-10(2)14(11)15-13/h3-8,11,14H,1-2H3. The number of fused-ring (bicyclic) bond motifs is 3. The zero-order valence-corrected chi connectivity index (χ0v) is 9.03. The second-order valence-electron chi connectivity index (χ2n) is 4.40. The zero-order chi connectivity index (χ0) is 10.4. The molecule has 1 heteroatoms. The van der Waals surface area contributed by atoms with Gasteiger partial charge in [0.15, 0.2) is 0 Å². The van der Waals surface area contributed by atoms with E-state index < -0.39 is 0 Å². The maximum atomic E-state index is 5.96. The van der Waals surface area contributed by atoms with Gasteiger partial charge in [0.25, 0.3) is 0 Å². The Morgan fingerprint density at radius 2 is 2.07 bits per heavy atom. The van der Waals surface area contributed by atoms with E-state index >= 15 is 0 Å². The van der Waals surface area contributed by atoms with Crippen molar-refractivity contribution in [2.75, 3.05) is 0 Å². The molecule has 0 amide bonds. The van der Waals surface area contributed by atoms with Gasteiger partial charge >= 0.3 is 0 Å². The molecule has 0 saturated heterocycles. The Morgan fingerprint density at radius 1 is 1.20 bits per heavy atom. The van der Waals surface area contributed by atoms with Crippen LogP contribution in [-0.2, 0) is 0 Å². The van der Waals surface area contributed by atoms with Crippen molar-refractivity contribution >= 4 is 0 Å². The van der Waals surface area contributed by atoms with Gasteiger partial charge in [-0.1, -0.05) is 35.9 Å². The number of benzene rings is 1. The molecule has 1 aliphatic heterocycles. The van der Waals surface area contributed by atoms with Gasteiger partial charge in [0, 0.05) is 11.5 Å². The zero-order valence-electron chi connectivity index (χ0n) is 9.03. The van der Waals surface area contributed by atoms with E-state index in [4.69, 9.17) is 4.74 Å². The second-order valence-corrected chi connectivity index (χ2v) is 4.40. The molecule has 1 aromatic rings. The van der Waals surface area contributed by atoms with E-state index in [-0.39, 0.29) is 6.10 Å². The van der Waals surface area contributed by atoms with Crippen LogP contribution >= 0.6 is 0 Å². The van der Waals surface area contributed by atoms with E-state index in [1.54, 1.807) is 0 Å². The van der Waals surface area contributed by atoms with Crippen LogP contribution in [0.25, 0.3) is 0 Å². The summed E-state index contributed by atoms with van der Waals surface area (Å²) in [5.41, 5.74) is 3.96. The molecule has 2 atom stereocenters. The molecule has 3 rings (SSSR count). The summed E-state index contributed by atoms with van der Waals surface area (Å²) in [5, 5.41) is 0. The van der Waals surface area contributed by atoms with E-state index in [9.17, 15) is 0 Å². The minimum Gasteiger partial charge on any atom is -0.485 e. The maximum Gasteiger partial charge on any atom is 0.130 e. The van der Waals surface area contributed by atoms with Crippen LogP contribution in [0.3, 0.4) is 0 Å². The lowest BCUT2D eigenvalue weighted by molar-refractivity contribution is 0.255. The average Bonchev–Trinajstić information content (AvgIpc) is 2.58. The fourth-order valence-electron chi connectivity index (χ4n) is 2.41. The van der Waals surface area contributed by atoms with Gasteiger partial charge in [-0.3, -0.25) is 0 Å². The van der Waals surface area contributed by atoms with E-state index in [2.05, 4.69) is 50.3 Å². The Bertz CT molecular complexity index is 468. The molecule has 0 N–H and O–H groups in total. The lowest BCUT2D eigenvalue weighted by Gasteiger charge is -2.19. The highest BCUT2D eigenvalue weighted by Gasteiger charge is 2.34. The fourth-order valence-corrected chi connectivity index (χ4v) is 2.41. The molecule has 1 aliphatic carbocycles. The first-order valence-corrected chi connectivity index (χ1v) is 5.38. The first kappa shape index (κ1) is 8.78. The van der Waals surface area contributed by atoms with Gasteiger partial charge in [0.2, 0.25) is 0 Å². The molecule has 1 heterocycles. The Balaban J connectivity index is 2.11. The van der Waals surface area contributed by atoms with Crippen LogP contribution in [-0.4, -0.2) is 6.10 Å². The van der Waals surface area contributed by atoms with Gasteiger partial charge in [-0.15, -0.1) is 0 Å². The number of allylic oxidation sites excluding steroid dienone is 2. The van der Waals surface area contributed by atoms with E-state index in [1.807, 2.05) is 0 Å². The SMILES string of the molecule is CC1=CC=CC2c3cc(C)ccc3OC12. The largest absolute Gasteiger partial charge is 0.485 e. The van der Waals surface area contributed by atoms with Crippen LogP contribution in [0.15, 0.2) is 42.0 Å². The molecule has 2 aliphatic rings. The van der Waals surface area contributed by atoms with E-state index in [1.165, 1.54) is 16.7 Å². The molecule has 0 saturated carbocycles. The van der Waals surface area contributed by atoms with Gasteiger partial charge in [-0.25, -0.2) is 0 Å². The topological polar surface area (TPSA) is 9.23 Å². The average molecular weight is 198 g/mol. The lowest BCUT2D eigenvalue weighted by atomic mass is 9.87. The normalized spacial score (nSPS) is 26.7. The van der Waals surface area contributed by atoms with Gasteiger partial charge < -0.3 is 4.74 Å². The summed E-state index contributed by atoms with van der Waals surface area (Å²) in [7, 11) is 0. The van der Waals surface area contributed by atoms with Crippen LogP contribution in [0.1, 0.15) is 24.0 Å². The summed E-state index contributed by atoms with van der Waals surface area (Å²) in [6.45, 7) is 4.27. The number of hydrogen-bond acceptors (Lipinski definition) is 1. The summed E-state index contributed by atoms with van der Waals surface area (Å²) in [5.74, 6) is 1.47. The summed E-state index contributed by atoms with van der Waals surface area (Å²) < 4.78 is 5.96. The third kappa shape index (κ3) is 1.23. The summed E-state index contributed by atoms with van der Waals surface area (Å²) in [4.78, 5) is 0. The summed E-state index contributed by atoms with van der Waals surface area (Å²) >= 11 is 0. The molecule has 0 radical (unpaired) electrons. The van der Waals surface area contributed by atoms with Crippen LogP contribution < -0.4 is 4.74 Å². The number of aryl methyl sites for hydroxylation is 1. The van der Waals surface area contributed by atoms with Crippen LogP contribution in [0.2, 0.25) is 0 Å². The van der Waals surface area contributed by atoms with Crippen LogP contribution in [0, 0.1) is 6.92 Å². The highest BCUT2D eigenvalue weighted by Crippen LogP contribution is 2.43. The van der Waals surface area contributed by atoms with Crippen molar-refractivity contribution in [1.29, 1.82) is 0 Å². The van der Waals surface area contributed by atoms with Gasteiger partial charge in [0.05, 0.1) is 0 Å². The molecular weight excluding hydrogens is 184 g/mol. The first-order chi connectivity index (χ1) is 7.25. The second kappa shape index (κ2) is 2.99. The molecule has 0 bridgehead atoms. The first-order valence-electron chi connectivity index (χ1n) is 5.38. The van der Waals surface area contributed by atoms with Crippen LogP contribution in [0.5, 0.6) is 5.75 Å². The predicted octanol–water partition coefficient (Wildman–Crippen LogP) is 3.36. The van der Waals surface area contributed by atoms with Gasteiger partial charge in [0.1, 0.15) is 11.9 Å². The van der Waals surface area contributed by atoms with Crippen molar-refractivity contribution < 1.29 is 4.74 Å². The van der Waals surface area contributed by atoms with Crippen molar-refractivity contribution in [3.05, 3.63) is 53.1 Å². The van der Waals surface area contributed by atoms with E-state index in [0.717, 1.165) is 5.75 Å². The minimum atomic E-state index is 0.229.